The first kappa shape index (κ1) is 17.4. The zero-order valence-corrected chi connectivity index (χ0v) is 13.5. The summed E-state index contributed by atoms with van der Waals surface area (Å²) in [6.07, 6.45) is -0.742. The summed E-state index contributed by atoms with van der Waals surface area (Å²) in [5.74, 6) is -2.13. The average Bonchev–Trinajstić information content (AvgIpc) is 2.53. The van der Waals surface area contributed by atoms with Crippen LogP contribution in [0.4, 0.5) is 0 Å². The molecular formula is C19H18O5. The number of ketones is 1. The summed E-state index contributed by atoms with van der Waals surface area (Å²) in [4.78, 5) is 36.3. The molecule has 0 amide bonds. The van der Waals surface area contributed by atoms with Crippen LogP contribution in [0.25, 0.3) is 0 Å². The summed E-state index contributed by atoms with van der Waals surface area (Å²) in [5.41, 5.74) is 0.839. The first-order valence-corrected chi connectivity index (χ1v) is 7.54. The van der Waals surface area contributed by atoms with Crippen LogP contribution in [-0.4, -0.2) is 28.9 Å². The van der Waals surface area contributed by atoms with Crippen LogP contribution < -0.4 is 0 Å². The van der Waals surface area contributed by atoms with Gasteiger partial charge in [0.2, 0.25) is 0 Å². The van der Waals surface area contributed by atoms with Crippen LogP contribution in [0.3, 0.4) is 0 Å². The van der Waals surface area contributed by atoms with Gasteiger partial charge < -0.3 is 9.84 Å². The number of benzene rings is 2. The van der Waals surface area contributed by atoms with Crippen molar-refractivity contribution in [3.63, 3.8) is 0 Å². The number of esters is 1. The molecule has 2 rings (SSSR count). The third-order valence-electron chi connectivity index (χ3n) is 3.32. The van der Waals surface area contributed by atoms with Crippen molar-refractivity contribution in [3.05, 3.63) is 70.8 Å². The minimum atomic E-state index is -1.09. The van der Waals surface area contributed by atoms with Gasteiger partial charge in [-0.15, -0.1) is 0 Å². The van der Waals surface area contributed by atoms with Gasteiger partial charge in [-0.2, -0.15) is 0 Å². The van der Waals surface area contributed by atoms with Gasteiger partial charge in [0.05, 0.1) is 18.1 Å². The van der Waals surface area contributed by atoms with Gasteiger partial charge in [0.25, 0.3) is 0 Å². The summed E-state index contributed by atoms with van der Waals surface area (Å²) in [5, 5.41) is 9.06. The van der Waals surface area contributed by atoms with E-state index in [2.05, 4.69) is 0 Å². The van der Waals surface area contributed by atoms with Gasteiger partial charge in [-0.3, -0.25) is 9.59 Å². The number of carboxylic acid groups (broad SMARTS) is 1. The van der Waals surface area contributed by atoms with Crippen molar-refractivity contribution < 1.29 is 24.2 Å². The maximum atomic E-state index is 12.7. The zero-order valence-electron chi connectivity index (χ0n) is 13.5. The van der Waals surface area contributed by atoms with Crippen LogP contribution in [0.5, 0.6) is 0 Å². The average molecular weight is 326 g/mol. The van der Waals surface area contributed by atoms with Crippen molar-refractivity contribution >= 4 is 17.7 Å². The summed E-state index contributed by atoms with van der Waals surface area (Å²) in [6.45, 7) is 3.38. The van der Waals surface area contributed by atoms with Gasteiger partial charge in [0, 0.05) is 11.1 Å². The molecule has 0 aliphatic heterocycles. The van der Waals surface area contributed by atoms with E-state index in [1.807, 2.05) is 0 Å². The molecule has 0 spiro atoms. The van der Waals surface area contributed by atoms with Crippen molar-refractivity contribution in [2.45, 2.75) is 26.4 Å². The largest absolute Gasteiger partial charge is 0.481 e. The number of ether oxygens (including phenoxy) is 1. The fourth-order valence-corrected chi connectivity index (χ4v) is 2.36. The number of carboxylic acids is 1. The predicted octanol–water partition coefficient (Wildman–Crippen LogP) is 3.11. The Morgan fingerprint density at radius 2 is 1.67 bits per heavy atom. The molecule has 0 aromatic heterocycles. The first-order chi connectivity index (χ1) is 11.4. The maximum Gasteiger partial charge on any atom is 0.339 e. The summed E-state index contributed by atoms with van der Waals surface area (Å²) in [6, 6.07) is 13.1. The van der Waals surface area contributed by atoms with Gasteiger partial charge in [-0.25, -0.2) is 4.79 Å². The lowest BCUT2D eigenvalue weighted by atomic mass is 9.93. The summed E-state index contributed by atoms with van der Waals surface area (Å²) in [7, 11) is 0. The van der Waals surface area contributed by atoms with E-state index in [1.54, 1.807) is 50.2 Å². The molecule has 0 aliphatic rings. The molecule has 0 fully saturated rings. The highest BCUT2D eigenvalue weighted by Crippen LogP contribution is 2.21. The lowest BCUT2D eigenvalue weighted by molar-refractivity contribution is -0.136. The summed E-state index contributed by atoms with van der Waals surface area (Å²) < 4.78 is 5.20. The molecule has 0 saturated heterocycles. The Morgan fingerprint density at radius 1 is 1.00 bits per heavy atom. The van der Waals surface area contributed by atoms with Crippen LogP contribution in [-0.2, 0) is 16.0 Å². The third-order valence-corrected chi connectivity index (χ3v) is 3.32. The molecule has 0 aliphatic carbocycles. The molecule has 2 aromatic rings. The van der Waals surface area contributed by atoms with Gasteiger partial charge in [-0.05, 0) is 19.4 Å². The van der Waals surface area contributed by atoms with Crippen molar-refractivity contribution in [3.8, 4) is 0 Å². The number of carbonyl (C=O) groups excluding carboxylic acids is 2. The van der Waals surface area contributed by atoms with Crippen molar-refractivity contribution in [1.29, 1.82) is 0 Å². The van der Waals surface area contributed by atoms with Crippen molar-refractivity contribution in [2.24, 2.45) is 0 Å². The molecule has 5 nitrogen and oxygen atoms in total. The Morgan fingerprint density at radius 3 is 2.25 bits per heavy atom. The van der Waals surface area contributed by atoms with Crippen LogP contribution in [0.15, 0.2) is 48.5 Å². The molecule has 2 aromatic carbocycles. The van der Waals surface area contributed by atoms with Crippen LogP contribution in [0.1, 0.15) is 45.7 Å². The second-order valence-electron chi connectivity index (χ2n) is 5.56. The quantitative estimate of drug-likeness (QED) is 0.651. The van der Waals surface area contributed by atoms with Crippen molar-refractivity contribution in [2.75, 3.05) is 0 Å². The van der Waals surface area contributed by atoms with E-state index < -0.39 is 11.9 Å². The van der Waals surface area contributed by atoms with E-state index in [0.29, 0.717) is 5.56 Å². The van der Waals surface area contributed by atoms with Gasteiger partial charge in [0.1, 0.15) is 0 Å². The predicted molar refractivity (Wildman–Crippen MR) is 88.2 cm³/mol. The molecule has 5 heteroatoms. The van der Waals surface area contributed by atoms with E-state index in [9.17, 15) is 14.4 Å². The van der Waals surface area contributed by atoms with Gasteiger partial charge in [-0.1, -0.05) is 48.5 Å². The Balaban J connectivity index is 2.56. The van der Waals surface area contributed by atoms with E-state index in [0.717, 1.165) is 0 Å². The minimum Gasteiger partial charge on any atom is -0.481 e. The van der Waals surface area contributed by atoms with E-state index in [1.165, 1.54) is 12.1 Å². The number of hydrogen-bond acceptors (Lipinski definition) is 4. The van der Waals surface area contributed by atoms with E-state index in [4.69, 9.17) is 9.84 Å². The SMILES string of the molecule is CC(C)OC(=O)c1c(CC(=O)O)cccc1C(=O)c1ccccc1. The normalized spacial score (nSPS) is 10.5. The smallest absolute Gasteiger partial charge is 0.339 e. The second-order valence-corrected chi connectivity index (χ2v) is 5.56. The van der Waals surface area contributed by atoms with Crippen molar-refractivity contribution in [1.82, 2.24) is 0 Å². The number of carbonyl (C=O) groups is 3. The molecule has 0 bridgehead atoms. The minimum absolute atomic E-state index is 0.0162. The number of hydrogen-bond donors (Lipinski definition) is 1. The Hall–Kier alpha value is -2.95. The topological polar surface area (TPSA) is 80.7 Å². The van der Waals surface area contributed by atoms with Gasteiger partial charge in [0.15, 0.2) is 5.78 Å². The molecule has 0 unspecified atom stereocenters. The zero-order chi connectivity index (χ0) is 17.7. The molecule has 1 N–H and O–H groups in total. The molecule has 0 atom stereocenters. The highest BCUT2D eigenvalue weighted by Gasteiger charge is 2.24. The molecule has 0 saturated carbocycles. The third kappa shape index (κ3) is 4.07. The van der Waals surface area contributed by atoms with Gasteiger partial charge >= 0.3 is 11.9 Å². The van der Waals surface area contributed by atoms with Crippen LogP contribution in [0, 0.1) is 0 Å². The highest BCUT2D eigenvalue weighted by atomic mass is 16.5. The molecule has 0 radical (unpaired) electrons. The lowest BCUT2D eigenvalue weighted by Gasteiger charge is -2.14. The number of rotatable bonds is 6. The van der Waals surface area contributed by atoms with Crippen LogP contribution >= 0.6 is 0 Å². The Labute approximate surface area is 139 Å². The summed E-state index contributed by atoms with van der Waals surface area (Å²) >= 11 is 0. The maximum absolute atomic E-state index is 12.7. The second kappa shape index (κ2) is 7.55. The number of aliphatic carboxylic acids is 1. The monoisotopic (exact) mass is 326 g/mol. The molecular weight excluding hydrogens is 308 g/mol. The fourth-order valence-electron chi connectivity index (χ4n) is 2.36. The van der Waals surface area contributed by atoms with E-state index in [-0.39, 0.29) is 35.0 Å². The lowest BCUT2D eigenvalue weighted by Crippen LogP contribution is -2.19. The molecule has 124 valence electrons. The Kier molecular flexibility index (Phi) is 5.47. The molecule has 0 heterocycles. The van der Waals surface area contributed by atoms with E-state index >= 15 is 0 Å². The standard InChI is InChI=1S/C19H18O5/c1-12(2)24-19(23)17-14(11-16(20)21)9-6-10-15(17)18(22)13-7-4-3-5-8-13/h3-10,12H,11H2,1-2H3,(H,20,21). The molecule has 24 heavy (non-hydrogen) atoms. The first-order valence-electron chi connectivity index (χ1n) is 7.54. The fraction of sp³-hybridized carbons (Fsp3) is 0.211. The van der Waals surface area contributed by atoms with Crippen LogP contribution in [0.2, 0.25) is 0 Å². The highest BCUT2D eigenvalue weighted by molar-refractivity contribution is 6.15. The Bertz CT molecular complexity index is 763.